The lowest BCUT2D eigenvalue weighted by molar-refractivity contribution is 0.101. The van der Waals surface area contributed by atoms with Crippen molar-refractivity contribution in [2.45, 2.75) is 37.0 Å². The molecule has 7 heteroatoms. The smallest absolute Gasteiger partial charge is 0.272 e. The van der Waals surface area contributed by atoms with Crippen LogP contribution in [0, 0.1) is 6.92 Å². The van der Waals surface area contributed by atoms with E-state index in [9.17, 15) is 9.59 Å². The van der Waals surface area contributed by atoms with Gasteiger partial charge in [0.1, 0.15) is 18.9 Å². The molecule has 0 bridgehead atoms. The molecule has 160 valence electrons. The van der Waals surface area contributed by atoms with E-state index < -0.39 is 0 Å². The van der Waals surface area contributed by atoms with Crippen molar-refractivity contribution in [2.24, 2.45) is 0 Å². The number of fused-ring (bicyclic) bond motifs is 1. The molecule has 1 aliphatic rings. The third-order valence-electron chi connectivity index (χ3n) is 5.09. The number of nitrogens with one attached hydrogen (secondary N) is 2. The summed E-state index contributed by atoms with van der Waals surface area (Å²) in [6.07, 6.45) is 0.578. The molecule has 2 heterocycles. The van der Waals surface area contributed by atoms with Crippen LogP contribution in [-0.4, -0.2) is 29.9 Å². The van der Waals surface area contributed by atoms with Gasteiger partial charge in [-0.2, -0.15) is 0 Å². The Morgan fingerprint density at radius 3 is 2.42 bits per heavy atom. The minimum atomic E-state index is -0.293. The average Bonchev–Trinajstić information content (AvgIpc) is 3.11. The summed E-state index contributed by atoms with van der Waals surface area (Å²) < 4.78 is 11.5. The second kappa shape index (κ2) is 8.89. The first-order valence-corrected chi connectivity index (χ1v) is 11.0. The summed E-state index contributed by atoms with van der Waals surface area (Å²) >= 11 is 1.53. The maximum Gasteiger partial charge on any atom is 0.272 e. The quantitative estimate of drug-likeness (QED) is 0.515. The van der Waals surface area contributed by atoms with Gasteiger partial charge in [0.15, 0.2) is 17.3 Å². The van der Waals surface area contributed by atoms with Crippen LogP contribution in [0.2, 0.25) is 0 Å². The molecule has 31 heavy (non-hydrogen) atoms. The SMILES string of the molecule is CCc1c(C(=O)Nc2cc3c(cc2Sc2ccccc2)OCCO3)[nH]c(C)c1C(C)=O. The van der Waals surface area contributed by atoms with Gasteiger partial charge in [0, 0.05) is 33.2 Å². The van der Waals surface area contributed by atoms with Crippen LogP contribution in [0.4, 0.5) is 5.69 Å². The van der Waals surface area contributed by atoms with Crippen LogP contribution >= 0.6 is 11.8 Å². The van der Waals surface area contributed by atoms with Gasteiger partial charge < -0.3 is 19.8 Å². The Balaban J connectivity index is 1.71. The van der Waals surface area contributed by atoms with Crippen LogP contribution in [0.3, 0.4) is 0 Å². The number of H-pyrrole nitrogens is 1. The van der Waals surface area contributed by atoms with Crippen molar-refractivity contribution >= 4 is 29.1 Å². The van der Waals surface area contributed by atoms with Gasteiger partial charge in [-0.3, -0.25) is 9.59 Å². The second-order valence-electron chi connectivity index (χ2n) is 7.25. The van der Waals surface area contributed by atoms with E-state index in [4.69, 9.17) is 9.47 Å². The third-order valence-corrected chi connectivity index (χ3v) is 6.15. The monoisotopic (exact) mass is 436 g/mol. The van der Waals surface area contributed by atoms with Crippen LogP contribution in [0.5, 0.6) is 11.5 Å². The number of aryl methyl sites for hydroxylation is 1. The number of anilines is 1. The van der Waals surface area contributed by atoms with Crippen molar-refractivity contribution in [1.82, 2.24) is 4.98 Å². The van der Waals surface area contributed by atoms with E-state index in [1.807, 2.05) is 50.2 Å². The standard InChI is InChI=1S/C24H24N2O4S/c1-4-17-22(15(3)27)14(2)25-23(17)24(28)26-18-12-19-20(30-11-10-29-19)13-21(18)31-16-8-6-5-7-9-16/h5-9,12-13,25H,4,10-11H2,1-3H3,(H,26,28). The van der Waals surface area contributed by atoms with Crippen molar-refractivity contribution in [3.05, 3.63) is 65.0 Å². The van der Waals surface area contributed by atoms with Gasteiger partial charge in [-0.25, -0.2) is 0 Å². The molecule has 2 aromatic carbocycles. The highest BCUT2D eigenvalue weighted by Crippen LogP contribution is 2.42. The number of ketones is 1. The molecule has 0 aliphatic carbocycles. The molecule has 0 spiro atoms. The lowest BCUT2D eigenvalue weighted by atomic mass is 10.0. The molecule has 1 aliphatic heterocycles. The Labute approximate surface area is 185 Å². The average molecular weight is 437 g/mol. The summed E-state index contributed by atoms with van der Waals surface area (Å²) in [7, 11) is 0. The molecule has 6 nitrogen and oxygen atoms in total. The van der Waals surface area contributed by atoms with Gasteiger partial charge in [-0.15, -0.1) is 0 Å². The number of ether oxygens (including phenoxy) is 2. The number of hydrogen-bond donors (Lipinski definition) is 2. The van der Waals surface area contributed by atoms with Crippen molar-refractivity contribution in [2.75, 3.05) is 18.5 Å². The topological polar surface area (TPSA) is 80.4 Å². The molecule has 2 N–H and O–H groups in total. The summed E-state index contributed by atoms with van der Waals surface area (Å²) in [6, 6.07) is 13.6. The molecule has 1 amide bonds. The lowest BCUT2D eigenvalue weighted by Crippen LogP contribution is -2.18. The van der Waals surface area contributed by atoms with E-state index in [2.05, 4.69) is 10.3 Å². The van der Waals surface area contributed by atoms with Crippen LogP contribution in [0.25, 0.3) is 0 Å². The third kappa shape index (κ3) is 4.32. The zero-order valence-electron chi connectivity index (χ0n) is 17.7. The van der Waals surface area contributed by atoms with Gasteiger partial charge in [-0.1, -0.05) is 36.9 Å². The van der Waals surface area contributed by atoms with E-state index in [0.29, 0.717) is 53.8 Å². The fraction of sp³-hybridized carbons (Fsp3) is 0.250. The largest absolute Gasteiger partial charge is 0.486 e. The van der Waals surface area contributed by atoms with Crippen molar-refractivity contribution in [3.8, 4) is 11.5 Å². The molecule has 0 saturated carbocycles. The van der Waals surface area contributed by atoms with Gasteiger partial charge in [0.25, 0.3) is 5.91 Å². The predicted molar refractivity (Wildman–Crippen MR) is 121 cm³/mol. The van der Waals surface area contributed by atoms with E-state index in [1.54, 1.807) is 6.07 Å². The summed E-state index contributed by atoms with van der Waals surface area (Å²) in [6.45, 7) is 6.22. The van der Waals surface area contributed by atoms with Crippen molar-refractivity contribution in [1.29, 1.82) is 0 Å². The number of aromatic nitrogens is 1. The fourth-order valence-electron chi connectivity index (χ4n) is 3.75. The second-order valence-corrected chi connectivity index (χ2v) is 8.36. The van der Waals surface area contributed by atoms with E-state index in [1.165, 1.54) is 18.7 Å². The number of carbonyl (C=O) groups is 2. The van der Waals surface area contributed by atoms with E-state index in [-0.39, 0.29) is 11.7 Å². The number of Topliss-reactive ketones (excluding diaryl/α,β-unsaturated/α-hetero) is 1. The molecule has 3 aromatic rings. The molecular formula is C24H24N2O4S. The minimum absolute atomic E-state index is 0.0516. The van der Waals surface area contributed by atoms with Crippen molar-refractivity contribution in [3.63, 3.8) is 0 Å². The predicted octanol–water partition coefficient (Wildman–Crippen LogP) is 5.26. The Kier molecular flexibility index (Phi) is 6.04. The van der Waals surface area contributed by atoms with Gasteiger partial charge in [0.2, 0.25) is 0 Å². The molecule has 0 unspecified atom stereocenters. The van der Waals surface area contributed by atoms with Crippen molar-refractivity contribution < 1.29 is 19.1 Å². The molecule has 0 radical (unpaired) electrons. The van der Waals surface area contributed by atoms with Gasteiger partial charge in [-0.05, 0) is 38.0 Å². The molecular weight excluding hydrogens is 412 g/mol. The molecule has 0 saturated heterocycles. The Bertz CT molecular complexity index is 1140. The van der Waals surface area contributed by atoms with Crippen LogP contribution < -0.4 is 14.8 Å². The number of rotatable bonds is 6. The molecule has 1 aromatic heterocycles. The van der Waals surface area contributed by atoms with E-state index in [0.717, 1.165) is 15.4 Å². The summed E-state index contributed by atoms with van der Waals surface area (Å²) in [5, 5.41) is 3.01. The first kappa shape index (κ1) is 21.1. The first-order chi connectivity index (χ1) is 15.0. The highest BCUT2D eigenvalue weighted by atomic mass is 32.2. The minimum Gasteiger partial charge on any atom is -0.486 e. The number of amides is 1. The van der Waals surface area contributed by atoms with Gasteiger partial charge >= 0.3 is 0 Å². The number of benzene rings is 2. The first-order valence-electron chi connectivity index (χ1n) is 10.2. The van der Waals surface area contributed by atoms with E-state index >= 15 is 0 Å². The Morgan fingerprint density at radius 2 is 1.77 bits per heavy atom. The highest BCUT2D eigenvalue weighted by molar-refractivity contribution is 7.99. The highest BCUT2D eigenvalue weighted by Gasteiger charge is 2.24. The summed E-state index contributed by atoms with van der Waals surface area (Å²) in [4.78, 5) is 30.3. The number of hydrogen-bond acceptors (Lipinski definition) is 5. The fourth-order valence-corrected chi connectivity index (χ4v) is 4.69. The maximum absolute atomic E-state index is 13.2. The number of carbonyl (C=O) groups excluding carboxylic acids is 2. The molecule has 0 fully saturated rings. The van der Waals surface area contributed by atoms with Crippen LogP contribution in [0.15, 0.2) is 52.3 Å². The molecule has 0 atom stereocenters. The zero-order chi connectivity index (χ0) is 22.0. The number of aromatic amines is 1. The Morgan fingerprint density at radius 1 is 1.10 bits per heavy atom. The normalized spacial score (nSPS) is 12.5. The van der Waals surface area contributed by atoms with Crippen LogP contribution in [0.1, 0.15) is 46.0 Å². The summed E-state index contributed by atoms with van der Waals surface area (Å²) in [5.74, 6) is 0.914. The zero-order valence-corrected chi connectivity index (χ0v) is 18.5. The van der Waals surface area contributed by atoms with Crippen LogP contribution in [-0.2, 0) is 6.42 Å². The Hall–Kier alpha value is -3.19. The summed E-state index contributed by atoms with van der Waals surface area (Å²) in [5.41, 5.74) is 3.07. The lowest BCUT2D eigenvalue weighted by Gasteiger charge is -2.21. The van der Waals surface area contributed by atoms with Gasteiger partial charge in [0.05, 0.1) is 5.69 Å². The molecule has 4 rings (SSSR count). The maximum atomic E-state index is 13.2.